The maximum atomic E-state index is 5.79. The van der Waals surface area contributed by atoms with E-state index in [1.54, 1.807) is 18.0 Å². The van der Waals surface area contributed by atoms with E-state index in [4.69, 9.17) is 9.47 Å². The first-order valence-corrected chi connectivity index (χ1v) is 6.35. The molecule has 0 saturated carbocycles. The lowest BCUT2D eigenvalue weighted by Crippen LogP contribution is -2.26. The summed E-state index contributed by atoms with van der Waals surface area (Å²) in [5, 5.41) is 0. The first-order chi connectivity index (χ1) is 7.38. The van der Waals surface area contributed by atoms with Gasteiger partial charge in [0.1, 0.15) is 6.10 Å². The minimum Gasteiger partial charge on any atom is -0.474 e. The summed E-state index contributed by atoms with van der Waals surface area (Å²) in [4.78, 5) is 5.39. The molecule has 0 amide bonds. The fourth-order valence-corrected chi connectivity index (χ4v) is 1.96. The molecule has 1 aliphatic heterocycles. The maximum absolute atomic E-state index is 5.79. The second kappa shape index (κ2) is 5.37. The largest absolute Gasteiger partial charge is 0.474 e. The van der Waals surface area contributed by atoms with Gasteiger partial charge in [0, 0.05) is 30.0 Å². The molecule has 0 unspecified atom stereocenters. The molecule has 0 spiro atoms. The third kappa shape index (κ3) is 3.11. The van der Waals surface area contributed by atoms with Crippen LogP contribution in [0.5, 0.6) is 5.88 Å². The Morgan fingerprint density at radius 3 is 3.00 bits per heavy atom. The molecule has 2 heterocycles. The van der Waals surface area contributed by atoms with Crippen molar-refractivity contribution in [3.05, 3.63) is 18.3 Å². The van der Waals surface area contributed by atoms with Gasteiger partial charge in [-0.25, -0.2) is 4.98 Å². The van der Waals surface area contributed by atoms with Crippen LogP contribution in [0.1, 0.15) is 12.8 Å². The van der Waals surface area contributed by atoms with Gasteiger partial charge in [-0.1, -0.05) is 0 Å². The lowest BCUT2D eigenvalue weighted by Gasteiger charge is -2.22. The number of thioether (sulfide) groups is 1. The van der Waals surface area contributed by atoms with Crippen molar-refractivity contribution in [3.63, 3.8) is 0 Å². The predicted octanol–water partition coefficient (Wildman–Crippen LogP) is 2.36. The van der Waals surface area contributed by atoms with E-state index in [1.807, 2.05) is 18.4 Å². The maximum Gasteiger partial charge on any atom is 0.214 e. The summed E-state index contributed by atoms with van der Waals surface area (Å²) in [6.45, 7) is 1.60. The van der Waals surface area contributed by atoms with E-state index in [0.29, 0.717) is 0 Å². The molecule has 0 aliphatic carbocycles. The molecule has 1 aromatic rings. The Hall–Kier alpha value is -0.740. The summed E-state index contributed by atoms with van der Waals surface area (Å²) in [5.74, 6) is 0.730. The molecule has 1 aromatic heterocycles. The second-order valence-electron chi connectivity index (χ2n) is 3.46. The normalized spacial score (nSPS) is 17.7. The van der Waals surface area contributed by atoms with E-state index >= 15 is 0 Å². The Balaban J connectivity index is 1.96. The lowest BCUT2D eigenvalue weighted by atomic mass is 10.2. The summed E-state index contributed by atoms with van der Waals surface area (Å²) in [6, 6.07) is 3.97. The lowest BCUT2D eigenvalue weighted by molar-refractivity contribution is 0.0236. The molecular formula is C11H15NO2S. The highest BCUT2D eigenvalue weighted by Gasteiger charge is 2.15. The average Bonchev–Trinajstić information content (AvgIpc) is 2.31. The number of hydrogen-bond acceptors (Lipinski definition) is 4. The molecule has 3 nitrogen and oxygen atoms in total. The Morgan fingerprint density at radius 1 is 1.47 bits per heavy atom. The van der Waals surface area contributed by atoms with Crippen molar-refractivity contribution in [2.24, 2.45) is 0 Å². The molecular weight excluding hydrogens is 210 g/mol. The number of nitrogens with zero attached hydrogens (tertiary/aromatic N) is 1. The van der Waals surface area contributed by atoms with Crippen LogP contribution in [0.15, 0.2) is 23.2 Å². The standard InChI is InChI=1S/C11H15NO2S/c1-15-10-2-5-12-11(8-10)14-9-3-6-13-7-4-9/h2,5,8-9H,3-4,6-7H2,1H3. The topological polar surface area (TPSA) is 31.4 Å². The van der Waals surface area contributed by atoms with Gasteiger partial charge in [-0.15, -0.1) is 11.8 Å². The van der Waals surface area contributed by atoms with Crippen molar-refractivity contribution in [2.45, 2.75) is 23.8 Å². The molecule has 0 radical (unpaired) electrons. The van der Waals surface area contributed by atoms with Crippen LogP contribution < -0.4 is 4.74 Å². The number of aromatic nitrogens is 1. The quantitative estimate of drug-likeness (QED) is 0.739. The van der Waals surface area contributed by atoms with Crippen LogP contribution in [0.4, 0.5) is 0 Å². The SMILES string of the molecule is CSc1ccnc(OC2CCOCC2)c1. The fourth-order valence-electron chi connectivity index (χ4n) is 1.55. The van der Waals surface area contributed by atoms with Crippen LogP contribution in [0.3, 0.4) is 0 Å². The molecule has 1 saturated heterocycles. The zero-order valence-corrected chi connectivity index (χ0v) is 9.63. The van der Waals surface area contributed by atoms with Gasteiger partial charge in [0.15, 0.2) is 0 Å². The molecule has 0 N–H and O–H groups in total. The second-order valence-corrected chi connectivity index (χ2v) is 4.34. The number of rotatable bonds is 3. The summed E-state index contributed by atoms with van der Waals surface area (Å²) in [7, 11) is 0. The van der Waals surface area contributed by atoms with E-state index in [2.05, 4.69) is 4.98 Å². The van der Waals surface area contributed by atoms with Gasteiger partial charge in [-0.05, 0) is 12.3 Å². The first kappa shape index (κ1) is 10.8. The molecule has 0 aromatic carbocycles. The van der Waals surface area contributed by atoms with Gasteiger partial charge >= 0.3 is 0 Å². The summed E-state index contributed by atoms with van der Waals surface area (Å²) < 4.78 is 11.1. The summed E-state index contributed by atoms with van der Waals surface area (Å²) >= 11 is 1.70. The minimum atomic E-state index is 0.267. The molecule has 82 valence electrons. The highest BCUT2D eigenvalue weighted by molar-refractivity contribution is 7.98. The van der Waals surface area contributed by atoms with E-state index < -0.39 is 0 Å². The van der Waals surface area contributed by atoms with E-state index in [1.165, 1.54) is 4.90 Å². The van der Waals surface area contributed by atoms with Crippen LogP contribution in [0, 0.1) is 0 Å². The highest BCUT2D eigenvalue weighted by atomic mass is 32.2. The zero-order valence-electron chi connectivity index (χ0n) is 8.81. The van der Waals surface area contributed by atoms with Crippen molar-refractivity contribution < 1.29 is 9.47 Å². The van der Waals surface area contributed by atoms with Crippen molar-refractivity contribution >= 4 is 11.8 Å². The Morgan fingerprint density at radius 2 is 2.27 bits per heavy atom. The van der Waals surface area contributed by atoms with Crippen molar-refractivity contribution in [1.82, 2.24) is 4.98 Å². The smallest absolute Gasteiger partial charge is 0.214 e. The van der Waals surface area contributed by atoms with Gasteiger partial charge in [-0.3, -0.25) is 0 Å². The number of ether oxygens (including phenoxy) is 2. The average molecular weight is 225 g/mol. The van der Waals surface area contributed by atoms with E-state index in [-0.39, 0.29) is 6.10 Å². The first-order valence-electron chi connectivity index (χ1n) is 5.13. The van der Waals surface area contributed by atoms with E-state index in [0.717, 1.165) is 31.9 Å². The van der Waals surface area contributed by atoms with Crippen LogP contribution in [-0.2, 0) is 4.74 Å². The zero-order chi connectivity index (χ0) is 10.5. The monoisotopic (exact) mass is 225 g/mol. The fraction of sp³-hybridized carbons (Fsp3) is 0.545. The van der Waals surface area contributed by atoms with Crippen LogP contribution >= 0.6 is 11.8 Å². The summed E-state index contributed by atoms with van der Waals surface area (Å²) in [5.41, 5.74) is 0. The Labute approximate surface area is 94.2 Å². The third-order valence-corrected chi connectivity index (χ3v) is 3.12. The number of pyridine rings is 1. The van der Waals surface area contributed by atoms with Gasteiger partial charge in [0.25, 0.3) is 0 Å². The molecule has 4 heteroatoms. The van der Waals surface area contributed by atoms with Crippen LogP contribution in [-0.4, -0.2) is 30.6 Å². The highest BCUT2D eigenvalue weighted by Crippen LogP contribution is 2.21. The molecule has 0 atom stereocenters. The molecule has 2 rings (SSSR count). The predicted molar refractivity (Wildman–Crippen MR) is 60.5 cm³/mol. The van der Waals surface area contributed by atoms with E-state index in [9.17, 15) is 0 Å². The van der Waals surface area contributed by atoms with Crippen LogP contribution in [0.25, 0.3) is 0 Å². The molecule has 1 fully saturated rings. The van der Waals surface area contributed by atoms with Gasteiger partial charge in [0.2, 0.25) is 5.88 Å². The number of hydrogen-bond donors (Lipinski definition) is 0. The molecule has 15 heavy (non-hydrogen) atoms. The van der Waals surface area contributed by atoms with Crippen molar-refractivity contribution in [2.75, 3.05) is 19.5 Å². The summed E-state index contributed by atoms with van der Waals surface area (Å²) in [6.07, 6.45) is 6.04. The third-order valence-electron chi connectivity index (χ3n) is 2.40. The van der Waals surface area contributed by atoms with Crippen molar-refractivity contribution in [1.29, 1.82) is 0 Å². The van der Waals surface area contributed by atoms with Gasteiger partial charge in [-0.2, -0.15) is 0 Å². The molecule has 0 bridgehead atoms. The van der Waals surface area contributed by atoms with Crippen LogP contribution in [0.2, 0.25) is 0 Å². The molecule has 1 aliphatic rings. The van der Waals surface area contributed by atoms with Crippen molar-refractivity contribution in [3.8, 4) is 5.88 Å². The Kier molecular flexibility index (Phi) is 3.86. The van der Waals surface area contributed by atoms with Gasteiger partial charge in [0.05, 0.1) is 13.2 Å². The Bertz CT molecular complexity index is 313. The minimum absolute atomic E-state index is 0.267. The van der Waals surface area contributed by atoms with Gasteiger partial charge < -0.3 is 9.47 Å².